The highest BCUT2D eigenvalue weighted by Gasteiger charge is 2.03. The van der Waals surface area contributed by atoms with Gasteiger partial charge >= 0.3 is 0 Å². The van der Waals surface area contributed by atoms with E-state index in [0.717, 1.165) is 6.42 Å². The Morgan fingerprint density at radius 1 is 0.938 bits per heavy atom. The molecule has 89 valence electrons. The average molecular weight is 217 g/mol. The number of rotatable bonds is 7. The van der Waals surface area contributed by atoms with Gasteiger partial charge < -0.3 is 0 Å². The van der Waals surface area contributed by atoms with Crippen LogP contribution >= 0.6 is 0 Å². The number of hydrogen-bond acceptors (Lipinski definition) is 0. The summed E-state index contributed by atoms with van der Waals surface area (Å²) in [5.41, 5.74) is 4.62. The van der Waals surface area contributed by atoms with Crippen LogP contribution in [0, 0.1) is 6.92 Å². The first-order valence-electron chi connectivity index (χ1n) is 6.71. The Hall–Kier alpha value is -0.780. The van der Waals surface area contributed by atoms with Crippen molar-refractivity contribution in [2.75, 3.05) is 0 Å². The van der Waals surface area contributed by atoms with Crippen molar-refractivity contribution in [1.29, 1.82) is 0 Å². The van der Waals surface area contributed by atoms with Gasteiger partial charge in [-0.05, 0) is 42.4 Å². The van der Waals surface area contributed by atoms with Crippen molar-refractivity contribution < 1.29 is 0 Å². The minimum Gasteiger partial charge on any atom is -0.0651 e. The average Bonchev–Trinajstić information content (AvgIpc) is 2.29. The van der Waals surface area contributed by atoms with Gasteiger partial charge in [-0.2, -0.15) is 0 Å². The highest BCUT2D eigenvalue weighted by atomic mass is 14.1. The van der Waals surface area contributed by atoms with E-state index in [9.17, 15) is 0 Å². The summed E-state index contributed by atoms with van der Waals surface area (Å²) >= 11 is 0. The number of unbranched alkanes of at least 4 members (excludes halogenated alkanes) is 1. The largest absolute Gasteiger partial charge is 0.0651 e. The molecular weight excluding hydrogens is 192 g/mol. The highest BCUT2D eigenvalue weighted by molar-refractivity contribution is 5.32. The SMILES string of the molecule is [CH2]CCCc1ccc(CCC)cc1CCC. The van der Waals surface area contributed by atoms with Gasteiger partial charge in [-0.1, -0.05) is 58.2 Å². The molecule has 0 heterocycles. The smallest absolute Gasteiger partial charge is 0.0276 e. The molecule has 0 nitrogen and oxygen atoms in total. The van der Waals surface area contributed by atoms with Gasteiger partial charge in [0.15, 0.2) is 0 Å². The number of aryl methyl sites for hydroxylation is 3. The molecule has 0 saturated carbocycles. The van der Waals surface area contributed by atoms with Crippen LogP contribution in [0.1, 0.15) is 56.2 Å². The third-order valence-electron chi connectivity index (χ3n) is 3.02. The molecule has 0 atom stereocenters. The van der Waals surface area contributed by atoms with Gasteiger partial charge in [0.25, 0.3) is 0 Å². The van der Waals surface area contributed by atoms with Crippen molar-refractivity contribution in [2.45, 2.75) is 58.8 Å². The van der Waals surface area contributed by atoms with Gasteiger partial charge in [-0.3, -0.25) is 0 Å². The van der Waals surface area contributed by atoms with E-state index in [2.05, 4.69) is 39.0 Å². The van der Waals surface area contributed by atoms with E-state index in [-0.39, 0.29) is 0 Å². The predicted octanol–water partition coefficient (Wildman–Crippen LogP) is 4.75. The van der Waals surface area contributed by atoms with Crippen molar-refractivity contribution in [1.82, 2.24) is 0 Å². The van der Waals surface area contributed by atoms with E-state index in [4.69, 9.17) is 0 Å². The molecule has 0 aliphatic rings. The fourth-order valence-electron chi connectivity index (χ4n) is 2.18. The molecule has 0 spiro atoms. The van der Waals surface area contributed by atoms with E-state index in [1.807, 2.05) is 0 Å². The van der Waals surface area contributed by atoms with E-state index < -0.39 is 0 Å². The van der Waals surface area contributed by atoms with Crippen molar-refractivity contribution in [2.24, 2.45) is 0 Å². The van der Waals surface area contributed by atoms with Gasteiger partial charge in [0.2, 0.25) is 0 Å². The van der Waals surface area contributed by atoms with Crippen LogP contribution < -0.4 is 0 Å². The van der Waals surface area contributed by atoms with Crippen LogP contribution in [0.25, 0.3) is 0 Å². The van der Waals surface area contributed by atoms with Gasteiger partial charge in [-0.15, -0.1) is 0 Å². The summed E-state index contributed by atoms with van der Waals surface area (Å²) in [4.78, 5) is 0. The Labute approximate surface area is 101 Å². The molecule has 1 aromatic rings. The van der Waals surface area contributed by atoms with Gasteiger partial charge in [0.05, 0.1) is 0 Å². The molecule has 0 unspecified atom stereocenters. The van der Waals surface area contributed by atoms with Crippen molar-refractivity contribution >= 4 is 0 Å². The maximum absolute atomic E-state index is 3.92. The summed E-state index contributed by atoms with van der Waals surface area (Å²) in [7, 11) is 0. The molecule has 0 heteroatoms. The Balaban J connectivity index is 2.80. The molecule has 0 saturated heterocycles. The van der Waals surface area contributed by atoms with Crippen molar-refractivity contribution in [3.63, 3.8) is 0 Å². The molecule has 1 rings (SSSR count). The standard InChI is InChI=1S/C16H25/c1-4-7-10-15-12-11-14(8-5-2)13-16(15)9-6-3/h11-13H,1,4-10H2,2-3H3. The molecule has 1 radical (unpaired) electrons. The zero-order chi connectivity index (χ0) is 11.8. The Bertz CT molecular complexity index is 299. The summed E-state index contributed by atoms with van der Waals surface area (Å²) in [6.45, 7) is 8.43. The summed E-state index contributed by atoms with van der Waals surface area (Å²) in [6, 6.07) is 7.07. The quantitative estimate of drug-likeness (QED) is 0.618. The minimum atomic E-state index is 1.04. The predicted molar refractivity (Wildman–Crippen MR) is 72.7 cm³/mol. The first-order chi connectivity index (χ1) is 7.81. The Morgan fingerprint density at radius 2 is 1.69 bits per heavy atom. The highest BCUT2D eigenvalue weighted by Crippen LogP contribution is 2.17. The fourth-order valence-corrected chi connectivity index (χ4v) is 2.18. The Kier molecular flexibility index (Phi) is 6.22. The van der Waals surface area contributed by atoms with E-state index in [0.29, 0.717) is 0 Å². The second kappa shape index (κ2) is 7.49. The van der Waals surface area contributed by atoms with Crippen molar-refractivity contribution in [3.05, 3.63) is 41.8 Å². The van der Waals surface area contributed by atoms with Crippen LogP contribution in [-0.2, 0) is 19.3 Å². The zero-order valence-corrected chi connectivity index (χ0v) is 10.9. The third-order valence-corrected chi connectivity index (χ3v) is 3.02. The lowest BCUT2D eigenvalue weighted by Gasteiger charge is -2.10. The van der Waals surface area contributed by atoms with E-state index in [1.54, 1.807) is 11.1 Å². The lowest BCUT2D eigenvalue weighted by atomic mass is 9.95. The van der Waals surface area contributed by atoms with Crippen LogP contribution in [0.3, 0.4) is 0 Å². The minimum absolute atomic E-state index is 1.04. The number of benzene rings is 1. The summed E-state index contributed by atoms with van der Waals surface area (Å²) in [5, 5.41) is 0. The fraction of sp³-hybridized carbons (Fsp3) is 0.562. The molecule has 0 fully saturated rings. The third kappa shape index (κ3) is 4.00. The van der Waals surface area contributed by atoms with Gasteiger partial charge in [-0.25, -0.2) is 0 Å². The van der Waals surface area contributed by atoms with Crippen LogP contribution in [-0.4, -0.2) is 0 Å². The van der Waals surface area contributed by atoms with E-state index in [1.165, 1.54) is 44.1 Å². The molecular formula is C16H25. The zero-order valence-electron chi connectivity index (χ0n) is 10.9. The lowest BCUT2D eigenvalue weighted by Crippen LogP contribution is -1.96. The number of hydrogen-bond donors (Lipinski definition) is 0. The van der Waals surface area contributed by atoms with E-state index >= 15 is 0 Å². The summed E-state index contributed by atoms with van der Waals surface area (Å²) < 4.78 is 0. The van der Waals surface area contributed by atoms with Gasteiger partial charge in [0, 0.05) is 0 Å². The van der Waals surface area contributed by atoms with Crippen molar-refractivity contribution in [3.8, 4) is 0 Å². The molecule has 16 heavy (non-hydrogen) atoms. The maximum Gasteiger partial charge on any atom is -0.0276 e. The lowest BCUT2D eigenvalue weighted by molar-refractivity contribution is 0.811. The molecule has 0 aliphatic carbocycles. The second-order valence-corrected chi connectivity index (χ2v) is 4.56. The molecule has 0 aliphatic heterocycles. The molecule has 0 N–H and O–H groups in total. The maximum atomic E-state index is 3.92. The van der Waals surface area contributed by atoms with Gasteiger partial charge in [0.1, 0.15) is 0 Å². The second-order valence-electron chi connectivity index (χ2n) is 4.56. The van der Waals surface area contributed by atoms with Crippen LogP contribution in [0.15, 0.2) is 18.2 Å². The van der Waals surface area contributed by atoms with Crippen LogP contribution in [0.4, 0.5) is 0 Å². The molecule has 1 aromatic carbocycles. The molecule has 0 bridgehead atoms. The topological polar surface area (TPSA) is 0 Å². The first-order valence-corrected chi connectivity index (χ1v) is 6.71. The van der Waals surface area contributed by atoms with Crippen LogP contribution in [0.2, 0.25) is 0 Å². The molecule has 0 amide bonds. The first kappa shape index (κ1) is 13.3. The Morgan fingerprint density at radius 3 is 2.31 bits per heavy atom. The normalized spacial score (nSPS) is 10.7. The monoisotopic (exact) mass is 217 g/mol. The molecule has 0 aromatic heterocycles. The van der Waals surface area contributed by atoms with Crippen LogP contribution in [0.5, 0.6) is 0 Å². The summed E-state index contributed by atoms with van der Waals surface area (Å²) in [6.07, 6.45) is 8.38. The summed E-state index contributed by atoms with van der Waals surface area (Å²) in [5.74, 6) is 0.